The summed E-state index contributed by atoms with van der Waals surface area (Å²) >= 11 is 1.53. The zero-order valence-electron chi connectivity index (χ0n) is 19.8. The number of amides is 2. The fourth-order valence-electron chi connectivity index (χ4n) is 4.47. The van der Waals surface area contributed by atoms with Gasteiger partial charge < -0.3 is 15.5 Å². The van der Waals surface area contributed by atoms with E-state index >= 15 is 0 Å². The van der Waals surface area contributed by atoms with Gasteiger partial charge in [0.1, 0.15) is 5.70 Å². The van der Waals surface area contributed by atoms with Gasteiger partial charge in [0, 0.05) is 24.0 Å². The van der Waals surface area contributed by atoms with Crippen molar-refractivity contribution in [1.29, 1.82) is 0 Å². The third-order valence-corrected chi connectivity index (χ3v) is 7.19. The van der Waals surface area contributed by atoms with Crippen LogP contribution in [-0.4, -0.2) is 42.4 Å². The summed E-state index contributed by atoms with van der Waals surface area (Å²) in [4.78, 5) is 29.2. The SMILES string of the molecule is CC1CCCCN1CCCNC(=O)/C(=C\c1cccs1)NC(=O)Cc1ccc2ccccc2c1. The Kier molecular flexibility index (Phi) is 8.50. The van der Waals surface area contributed by atoms with Gasteiger partial charge in [-0.15, -0.1) is 11.3 Å². The summed E-state index contributed by atoms with van der Waals surface area (Å²) in [5, 5.41) is 10.1. The Labute approximate surface area is 205 Å². The van der Waals surface area contributed by atoms with Crippen molar-refractivity contribution in [3.8, 4) is 0 Å². The Morgan fingerprint density at radius 2 is 1.94 bits per heavy atom. The Morgan fingerprint density at radius 3 is 2.74 bits per heavy atom. The molecule has 1 unspecified atom stereocenters. The molecule has 0 saturated carbocycles. The minimum absolute atomic E-state index is 0.199. The average Bonchev–Trinajstić information content (AvgIpc) is 3.35. The number of nitrogens with zero attached hydrogens (tertiary/aromatic N) is 1. The third kappa shape index (κ3) is 6.78. The van der Waals surface area contributed by atoms with E-state index in [-0.39, 0.29) is 18.2 Å². The van der Waals surface area contributed by atoms with Crippen molar-refractivity contribution in [2.24, 2.45) is 0 Å². The van der Waals surface area contributed by atoms with Crippen LogP contribution in [0.3, 0.4) is 0 Å². The highest BCUT2D eigenvalue weighted by atomic mass is 32.1. The van der Waals surface area contributed by atoms with Gasteiger partial charge >= 0.3 is 0 Å². The number of nitrogens with one attached hydrogen (secondary N) is 2. The van der Waals surface area contributed by atoms with Gasteiger partial charge in [-0.05, 0) is 66.6 Å². The number of carbonyl (C=O) groups excluding carboxylic acids is 2. The van der Waals surface area contributed by atoms with E-state index < -0.39 is 0 Å². The number of hydrogen-bond acceptors (Lipinski definition) is 4. The summed E-state index contributed by atoms with van der Waals surface area (Å²) in [6, 6.07) is 18.6. The standard InChI is InChI=1S/C28H33N3O2S/c1-21-8-4-5-15-31(21)16-7-14-29-28(33)26(20-25-11-6-17-34-25)30-27(32)19-22-12-13-23-9-2-3-10-24(23)18-22/h2-3,6,9-13,17-18,20-21H,4-5,7-8,14-16,19H2,1H3,(H,29,33)(H,30,32)/b26-20+. The molecule has 0 aliphatic carbocycles. The second-order valence-electron chi connectivity index (χ2n) is 8.97. The number of rotatable bonds is 9. The number of hydrogen-bond donors (Lipinski definition) is 2. The predicted molar refractivity (Wildman–Crippen MR) is 141 cm³/mol. The normalized spacial score (nSPS) is 17.0. The van der Waals surface area contributed by atoms with Crippen LogP contribution in [0.5, 0.6) is 0 Å². The second-order valence-corrected chi connectivity index (χ2v) is 9.95. The lowest BCUT2D eigenvalue weighted by Crippen LogP contribution is -2.40. The third-order valence-electron chi connectivity index (χ3n) is 6.38. The zero-order valence-corrected chi connectivity index (χ0v) is 20.6. The quantitative estimate of drug-likeness (QED) is 0.339. The Morgan fingerprint density at radius 1 is 1.09 bits per heavy atom. The molecule has 4 rings (SSSR count). The van der Waals surface area contributed by atoms with Crippen LogP contribution in [-0.2, 0) is 16.0 Å². The number of piperidine rings is 1. The van der Waals surface area contributed by atoms with E-state index in [0.717, 1.165) is 40.7 Å². The minimum atomic E-state index is -0.244. The summed E-state index contributed by atoms with van der Waals surface area (Å²) < 4.78 is 0. The number of benzene rings is 2. The molecule has 6 heteroatoms. The van der Waals surface area contributed by atoms with Crippen LogP contribution in [0.1, 0.15) is 43.0 Å². The molecular formula is C28H33N3O2S. The molecule has 2 amide bonds. The van der Waals surface area contributed by atoms with E-state index in [9.17, 15) is 9.59 Å². The van der Waals surface area contributed by atoms with Gasteiger partial charge in [-0.2, -0.15) is 0 Å². The van der Waals surface area contributed by atoms with Gasteiger partial charge in [0.05, 0.1) is 6.42 Å². The number of thiophene rings is 1. The molecule has 34 heavy (non-hydrogen) atoms. The number of fused-ring (bicyclic) bond motifs is 1. The van der Waals surface area contributed by atoms with Crippen molar-refractivity contribution in [3.05, 3.63) is 76.1 Å². The highest BCUT2D eigenvalue weighted by molar-refractivity contribution is 7.10. The Bertz CT molecular complexity index is 1140. The summed E-state index contributed by atoms with van der Waals surface area (Å²) in [7, 11) is 0. The smallest absolute Gasteiger partial charge is 0.267 e. The molecule has 0 radical (unpaired) electrons. The molecular weight excluding hydrogens is 442 g/mol. The van der Waals surface area contributed by atoms with E-state index in [1.54, 1.807) is 6.08 Å². The van der Waals surface area contributed by atoms with E-state index in [2.05, 4.69) is 28.5 Å². The highest BCUT2D eigenvalue weighted by Gasteiger charge is 2.18. The molecule has 3 aromatic rings. The van der Waals surface area contributed by atoms with Gasteiger partial charge in [0.2, 0.25) is 5.91 Å². The maximum Gasteiger partial charge on any atom is 0.267 e. The van der Waals surface area contributed by atoms with Crippen LogP contribution in [0.25, 0.3) is 16.8 Å². The summed E-state index contributed by atoms with van der Waals surface area (Å²) in [6.45, 7) is 5.00. The van der Waals surface area contributed by atoms with Gasteiger partial charge in [-0.25, -0.2) is 0 Å². The molecule has 0 bridgehead atoms. The van der Waals surface area contributed by atoms with Gasteiger partial charge in [-0.1, -0.05) is 55.0 Å². The zero-order chi connectivity index (χ0) is 23.8. The molecule has 178 valence electrons. The minimum Gasteiger partial charge on any atom is -0.351 e. The van der Waals surface area contributed by atoms with Gasteiger partial charge in [0.25, 0.3) is 5.91 Å². The molecule has 2 aromatic carbocycles. The van der Waals surface area contributed by atoms with Crippen molar-refractivity contribution in [2.45, 2.75) is 45.1 Å². The van der Waals surface area contributed by atoms with Crippen LogP contribution < -0.4 is 10.6 Å². The maximum atomic E-state index is 12.9. The van der Waals surface area contributed by atoms with Crippen LogP contribution in [0.15, 0.2) is 65.7 Å². The number of carbonyl (C=O) groups is 2. The molecule has 1 atom stereocenters. The van der Waals surface area contributed by atoms with Crippen molar-refractivity contribution in [1.82, 2.24) is 15.5 Å². The molecule has 1 aliphatic heterocycles. The van der Waals surface area contributed by atoms with E-state index in [1.165, 1.54) is 30.6 Å². The van der Waals surface area contributed by atoms with E-state index in [4.69, 9.17) is 0 Å². The molecule has 1 saturated heterocycles. The fourth-order valence-corrected chi connectivity index (χ4v) is 5.13. The van der Waals surface area contributed by atoms with Crippen LogP contribution >= 0.6 is 11.3 Å². The van der Waals surface area contributed by atoms with Crippen LogP contribution in [0, 0.1) is 0 Å². The summed E-state index contributed by atoms with van der Waals surface area (Å²) in [5.74, 6) is -0.442. The number of likely N-dealkylation sites (tertiary alicyclic amines) is 1. The van der Waals surface area contributed by atoms with Crippen molar-refractivity contribution < 1.29 is 9.59 Å². The van der Waals surface area contributed by atoms with Crippen LogP contribution in [0.2, 0.25) is 0 Å². The lowest BCUT2D eigenvalue weighted by molar-refractivity contribution is -0.123. The first kappa shape index (κ1) is 24.2. The van der Waals surface area contributed by atoms with Crippen molar-refractivity contribution >= 4 is 40.0 Å². The topological polar surface area (TPSA) is 61.4 Å². The first-order valence-corrected chi connectivity index (χ1v) is 13.0. The predicted octanol–water partition coefficient (Wildman–Crippen LogP) is 4.98. The van der Waals surface area contributed by atoms with Gasteiger partial charge in [-0.3, -0.25) is 9.59 Å². The highest BCUT2D eigenvalue weighted by Crippen LogP contribution is 2.18. The maximum absolute atomic E-state index is 12.9. The molecule has 5 nitrogen and oxygen atoms in total. The molecule has 1 fully saturated rings. The Hall–Kier alpha value is -2.96. The molecule has 1 aromatic heterocycles. The average molecular weight is 476 g/mol. The van der Waals surface area contributed by atoms with Crippen molar-refractivity contribution in [2.75, 3.05) is 19.6 Å². The van der Waals surface area contributed by atoms with Crippen molar-refractivity contribution in [3.63, 3.8) is 0 Å². The first-order chi connectivity index (χ1) is 16.6. The summed E-state index contributed by atoms with van der Waals surface area (Å²) in [5.41, 5.74) is 1.21. The Balaban J connectivity index is 1.35. The second kappa shape index (κ2) is 12.0. The lowest BCUT2D eigenvalue weighted by Gasteiger charge is -2.33. The molecule has 2 N–H and O–H groups in total. The van der Waals surface area contributed by atoms with Crippen LogP contribution in [0.4, 0.5) is 0 Å². The first-order valence-electron chi connectivity index (χ1n) is 12.1. The van der Waals surface area contributed by atoms with E-state index in [1.807, 2.05) is 53.9 Å². The monoisotopic (exact) mass is 475 g/mol. The fraction of sp³-hybridized carbons (Fsp3) is 0.357. The molecule has 0 spiro atoms. The lowest BCUT2D eigenvalue weighted by atomic mass is 10.0. The molecule has 1 aliphatic rings. The van der Waals surface area contributed by atoms with Gasteiger partial charge in [0.15, 0.2) is 0 Å². The summed E-state index contributed by atoms with van der Waals surface area (Å²) in [6.07, 6.45) is 6.69. The molecule has 2 heterocycles. The van der Waals surface area contributed by atoms with E-state index in [0.29, 0.717) is 18.3 Å². The largest absolute Gasteiger partial charge is 0.351 e.